The van der Waals surface area contributed by atoms with Gasteiger partial charge in [0.15, 0.2) is 17.3 Å². The van der Waals surface area contributed by atoms with Crippen LogP contribution in [-0.4, -0.2) is 28.6 Å². The third kappa shape index (κ3) is 3.53. The summed E-state index contributed by atoms with van der Waals surface area (Å²) in [5.74, 6) is 2.11. The van der Waals surface area contributed by atoms with Crippen LogP contribution < -0.4 is 14.9 Å². The van der Waals surface area contributed by atoms with Crippen molar-refractivity contribution < 1.29 is 9.47 Å². The third-order valence-electron chi connectivity index (χ3n) is 3.12. The number of methoxy groups -OCH3 is 1. The fourth-order valence-corrected chi connectivity index (χ4v) is 2.47. The summed E-state index contributed by atoms with van der Waals surface area (Å²) >= 11 is 11.5. The van der Waals surface area contributed by atoms with Gasteiger partial charge in [0, 0.05) is 17.5 Å². The van der Waals surface area contributed by atoms with E-state index in [4.69, 9.17) is 33.3 Å². The van der Waals surface area contributed by atoms with Crippen molar-refractivity contribution in [2.24, 2.45) is 0 Å². The number of aryl methyl sites for hydroxylation is 1. The maximum Gasteiger partial charge on any atom is 0.214 e. The Bertz CT molecular complexity index is 699. The number of hydrogen-bond donors (Lipinski definition) is 2. The summed E-state index contributed by atoms with van der Waals surface area (Å²) in [5.41, 5.74) is 4.10. The minimum atomic E-state index is 0.490. The smallest absolute Gasteiger partial charge is 0.214 e. The highest BCUT2D eigenvalue weighted by Gasteiger charge is 2.11. The average molecular weight is 343 g/mol. The van der Waals surface area contributed by atoms with Gasteiger partial charge < -0.3 is 14.9 Å². The summed E-state index contributed by atoms with van der Waals surface area (Å²) in [5, 5.41) is 7.51. The number of H-pyrrole nitrogens is 1. The van der Waals surface area contributed by atoms with Crippen molar-refractivity contribution in [3.05, 3.63) is 33.3 Å². The Morgan fingerprint density at radius 2 is 2.14 bits per heavy atom. The predicted molar refractivity (Wildman–Crippen MR) is 89.0 cm³/mol. The third-order valence-corrected chi connectivity index (χ3v) is 3.74. The molecule has 8 heteroatoms. The highest BCUT2D eigenvalue weighted by molar-refractivity contribution is 7.71. The van der Waals surface area contributed by atoms with Gasteiger partial charge in [0.1, 0.15) is 0 Å². The molecule has 0 aliphatic carbocycles. The van der Waals surface area contributed by atoms with Crippen molar-refractivity contribution in [1.82, 2.24) is 14.9 Å². The van der Waals surface area contributed by atoms with Gasteiger partial charge in [-0.15, -0.1) is 0 Å². The molecule has 120 valence electrons. The molecule has 0 unspecified atom stereocenters. The Hall–Kier alpha value is -1.73. The lowest BCUT2D eigenvalue weighted by molar-refractivity contribution is 0.310. The number of halogens is 1. The molecule has 0 aliphatic rings. The molecule has 0 radical (unpaired) electrons. The van der Waals surface area contributed by atoms with E-state index >= 15 is 0 Å². The largest absolute Gasteiger partial charge is 0.493 e. The quantitative estimate of drug-likeness (QED) is 0.756. The van der Waals surface area contributed by atoms with Gasteiger partial charge in [-0.1, -0.05) is 18.5 Å². The highest BCUT2D eigenvalue weighted by Crippen LogP contribution is 2.33. The van der Waals surface area contributed by atoms with E-state index in [0.29, 0.717) is 34.4 Å². The van der Waals surface area contributed by atoms with Crippen molar-refractivity contribution in [3.8, 4) is 11.5 Å². The topological polar surface area (TPSA) is 64.1 Å². The second-order valence-electron chi connectivity index (χ2n) is 4.50. The Morgan fingerprint density at radius 1 is 1.36 bits per heavy atom. The molecule has 22 heavy (non-hydrogen) atoms. The first kappa shape index (κ1) is 16.6. The molecular weight excluding hydrogens is 324 g/mol. The first-order valence-electron chi connectivity index (χ1n) is 7.00. The molecule has 1 aromatic heterocycles. The zero-order valence-corrected chi connectivity index (χ0v) is 14.3. The van der Waals surface area contributed by atoms with Crippen molar-refractivity contribution in [3.63, 3.8) is 0 Å². The number of nitrogens with one attached hydrogen (secondary N) is 2. The van der Waals surface area contributed by atoms with Crippen LogP contribution in [0.2, 0.25) is 5.02 Å². The number of ether oxygens (including phenoxy) is 2. The standard InChI is InChI=1S/C14H19ClN4O2S/c1-4-13-17-18-14(22)19(13)16-8-9-6-12(21-5-2)11(20-3)7-10(9)15/h6-7,16H,4-5,8H2,1-3H3,(H,18,22). The molecule has 0 bridgehead atoms. The molecule has 0 saturated carbocycles. The number of aromatic nitrogens is 3. The van der Waals surface area contributed by atoms with Gasteiger partial charge in [0.05, 0.1) is 20.3 Å². The van der Waals surface area contributed by atoms with Gasteiger partial charge >= 0.3 is 0 Å². The normalized spacial score (nSPS) is 10.5. The zero-order chi connectivity index (χ0) is 16.1. The molecule has 2 rings (SSSR count). The second-order valence-corrected chi connectivity index (χ2v) is 5.29. The fraction of sp³-hybridized carbons (Fsp3) is 0.429. The summed E-state index contributed by atoms with van der Waals surface area (Å²) in [4.78, 5) is 0. The molecule has 0 atom stereocenters. The first-order chi connectivity index (χ1) is 10.6. The minimum Gasteiger partial charge on any atom is -0.493 e. The monoisotopic (exact) mass is 342 g/mol. The minimum absolute atomic E-state index is 0.490. The van der Waals surface area contributed by atoms with E-state index in [1.165, 1.54) is 0 Å². The molecule has 0 aliphatic heterocycles. The number of rotatable bonds is 7. The van der Waals surface area contributed by atoms with Gasteiger partial charge in [0.2, 0.25) is 4.77 Å². The van der Waals surface area contributed by atoms with Crippen molar-refractivity contribution >= 4 is 23.8 Å². The van der Waals surface area contributed by atoms with Crippen LogP contribution in [0.5, 0.6) is 11.5 Å². The van der Waals surface area contributed by atoms with Crippen LogP contribution in [0.3, 0.4) is 0 Å². The maximum atomic E-state index is 6.30. The number of nitrogens with zero attached hydrogens (tertiary/aromatic N) is 2. The van der Waals surface area contributed by atoms with Crippen molar-refractivity contribution in [2.75, 3.05) is 19.1 Å². The van der Waals surface area contributed by atoms with Crippen LogP contribution in [0.1, 0.15) is 25.2 Å². The van der Waals surface area contributed by atoms with E-state index in [1.54, 1.807) is 17.9 Å². The average Bonchev–Trinajstić information content (AvgIpc) is 2.87. The maximum absolute atomic E-state index is 6.30. The SMILES string of the molecule is CCOc1cc(CNn2c(CC)n[nH]c2=S)c(Cl)cc1OC. The van der Waals surface area contributed by atoms with Gasteiger partial charge in [-0.3, -0.25) is 5.10 Å². The summed E-state index contributed by atoms with van der Waals surface area (Å²) < 4.78 is 13.1. The Balaban J connectivity index is 2.24. The number of benzene rings is 1. The van der Waals surface area contributed by atoms with Crippen LogP contribution in [0.25, 0.3) is 0 Å². The fourth-order valence-electron chi connectivity index (χ4n) is 2.03. The molecular formula is C14H19ClN4O2S. The Kier molecular flexibility index (Phi) is 5.68. The Labute approximate surface area is 139 Å². The number of aromatic amines is 1. The van der Waals surface area contributed by atoms with Gasteiger partial charge in [-0.2, -0.15) is 5.10 Å². The summed E-state index contributed by atoms with van der Waals surface area (Å²) in [6, 6.07) is 3.62. The molecule has 0 fully saturated rings. The lowest BCUT2D eigenvalue weighted by atomic mass is 10.2. The second kappa shape index (κ2) is 7.51. The molecule has 2 N–H and O–H groups in total. The summed E-state index contributed by atoms with van der Waals surface area (Å²) in [7, 11) is 1.59. The van der Waals surface area contributed by atoms with Gasteiger partial charge in [0.25, 0.3) is 0 Å². The molecule has 0 amide bonds. The van der Waals surface area contributed by atoms with Crippen molar-refractivity contribution in [1.29, 1.82) is 0 Å². The van der Waals surface area contributed by atoms with Gasteiger partial charge in [-0.05, 0) is 30.8 Å². The molecule has 2 aromatic rings. The van der Waals surface area contributed by atoms with Gasteiger partial charge in [-0.25, -0.2) is 4.68 Å². The lowest BCUT2D eigenvalue weighted by Crippen LogP contribution is -2.17. The van der Waals surface area contributed by atoms with E-state index in [9.17, 15) is 0 Å². The molecule has 1 heterocycles. The molecule has 6 nitrogen and oxygen atoms in total. The van der Waals surface area contributed by atoms with E-state index in [2.05, 4.69) is 15.6 Å². The molecule has 0 saturated heterocycles. The van der Waals surface area contributed by atoms with Crippen LogP contribution in [0.4, 0.5) is 0 Å². The Morgan fingerprint density at radius 3 is 2.77 bits per heavy atom. The van der Waals surface area contributed by atoms with Crippen molar-refractivity contribution in [2.45, 2.75) is 26.8 Å². The van der Waals surface area contributed by atoms with E-state index < -0.39 is 0 Å². The van der Waals surface area contributed by atoms with Crippen LogP contribution in [-0.2, 0) is 13.0 Å². The predicted octanol–water partition coefficient (Wildman–Crippen LogP) is 3.31. The van der Waals surface area contributed by atoms with E-state index in [-0.39, 0.29) is 0 Å². The van der Waals surface area contributed by atoms with E-state index in [0.717, 1.165) is 17.8 Å². The summed E-state index contributed by atoms with van der Waals surface area (Å²) in [6.07, 6.45) is 0.765. The molecule has 0 spiro atoms. The van der Waals surface area contributed by atoms with Crippen LogP contribution in [0, 0.1) is 4.77 Å². The van der Waals surface area contributed by atoms with Crippen LogP contribution >= 0.6 is 23.8 Å². The zero-order valence-electron chi connectivity index (χ0n) is 12.8. The molecule has 1 aromatic carbocycles. The van der Waals surface area contributed by atoms with Crippen LogP contribution in [0.15, 0.2) is 12.1 Å². The highest BCUT2D eigenvalue weighted by atomic mass is 35.5. The first-order valence-corrected chi connectivity index (χ1v) is 7.78. The van der Waals surface area contributed by atoms with E-state index in [1.807, 2.05) is 19.9 Å². The lowest BCUT2D eigenvalue weighted by Gasteiger charge is -2.14. The summed E-state index contributed by atoms with van der Waals surface area (Å²) in [6.45, 7) is 4.97. The number of hydrogen-bond acceptors (Lipinski definition) is 5.